The van der Waals surface area contributed by atoms with Crippen LogP contribution in [0.25, 0.3) is 0 Å². The number of fused-ring (bicyclic) bond motifs is 1. The van der Waals surface area contributed by atoms with Gasteiger partial charge in [-0.2, -0.15) is 8.42 Å². The van der Waals surface area contributed by atoms with Crippen LogP contribution in [0.1, 0.15) is 35.2 Å². The van der Waals surface area contributed by atoms with Crippen LogP contribution in [0, 0.1) is 0 Å². The van der Waals surface area contributed by atoms with E-state index in [2.05, 4.69) is 9.71 Å². The van der Waals surface area contributed by atoms with Crippen LogP contribution in [0.2, 0.25) is 0 Å². The van der Waals surface area contributed by atoms with Crippen LogP contribution in [0.15, 0.2) is 57.8 Å². The van der Waals surface area contributed by atoms with E-state index >= 15 is 0 Å². The standard InChI is InChI=1S/C20H20N4O4S/c21-18(25)13-8-10-14(11-9-13)22-20(26)16-6-3-4-12-24(16)19-15-5-1-2-7-17(15)29(27,28)23-19/h1-2,5,7-11,16H,3-4,6,12H2,(H2,21,25)(H,22,26)/t16-/m1/s1. The van der Waals surface area contributed by atoms with Crippen molar-refractivity contribution in [3.05, 3.63) is 59.7 Å². The molecule has 0 bridgehead atoms. The third-order valence-electron chi connectivity index (χ3n) is 5.13. The number of rotatable bonds is 3. The van der Waals surface area contributed by atoms with E-state index in [-0.39, 0.29) is 10.8 Å². The van der Waals surface area contributed by atoms with Gasteiger partial charge < -0.3 is 16.0 Å². The number of carbonyl (C=O) groups excluding carboxylic acids is 2. The topological polar surface area (TPSA) is 122 Å². The van der Waals surface area contributed by atoms with E-state index < -0.39 is 22.0 Å². The van der Waals surface area contributed by atoms with Crippen molar-refractivity contribution in [1.82, 2.24) is 4.90 Å². The fourth-order valence-electron chi connectivity index (χ4n) is 3.70. The monoisotopic (exact) mass is 412 g/mol. The normalized spacial score (nSPS) is 19.9. The second-order valence-electron chi connectivity index (χ2n) is 7.02. The number of nitrogens with one attached hydrogen (secondary N) is 1. The van der Waals surface area contributed by atoms with Gasteiger partial charge >= 0.3 is 0 Å². The first-order valence-electron chi connectivity index (χ1n) is 9.28. The Morgan fingerprint density at radius 2 is 1.79 bits per heavy atom. The average molecular weight is 412 g/mol. The molecule has 2 heterocycles. The van der Waals surface area contributed by atoms with E-state index in [4.69, 9.17) is 5.73 Å². The number of primary amides is 1. The van der Waals surface area contributed by atoms with Crippen LogP contribution in [-0.2, 0) is 14.8 Å². The zero-order chi connectivity index (χ0) is 20.6. The van der Waals surface area contributed by atoms with E-state index in [0.29, 0.717) is 35.6 Å². The minimum atomic E-state index is -3.75. The molecule has 2 aromatic rings. The predicted octanol–water partition coefficient (Wildman–Crippen LogP) is 1.73. The van der Waals surface area contributed by atoms with Crippen LogP contribution < -0.4 is 11.1 Å². The second-order valence-corrected chi connectivity index (χ2v) is 8.59. The van der Waals surface area contributed by atoms with Crippen LogP contribution >= 0.6 is 0 Å². The molecule has 0 saturated carbocycles. The molecule has 2 aliphatic rings. The average Bonchev–Trinajstić information content (AvgIpc) is 2.99. The Kier molecular flexibility index (Phi) is 4.83. The first-order valence-corrected chi connectivity index (χ1v) is 10.7. The highest BCUT2D eigenvalue weighted by atomic mass is 32.2. The summed E-state index contributed by atoms with van der Waals surface area (Å²) in [6, 6.07) is 12.4. The lowest BCUT2D eigenvalue weighted by atomic mass is 9.99. The number of nitrogens with two attached hydrogens (primary N) is 1. The molecule has 0 unspecified atom stereocenters. The molecule has 0 aromatic heterocycles. The fraction of sp³-hybridized carbons (Fsp3) is 0.250. The van der Waals surface area contributed by atoms with Gasteiger partial charge in [-0.05, 0) is 55.7 Å². The SMILES string of the molecule is NC(=O)c1ccc(NC(=O)[C@H]2CCCCN2C2=NS(=O)(=O)c3ccccc32)cc1. The fourth-order valence-corrected chi connectivity index (χ4v) is 4.91. The number of likely N-dealkylation sites (tertiary alicyclic amines) is 1. The lowest BCUT2D eigenvalue weighted by Gasteiger charge is -2.36. The van der Waals surface area contributed by atoms with Gasteiger partial charge in [0.2, 0.25) is 11.8 Å². The minimum Gasteiger partial charge on any atom is -0.366 e. The zero-order valence-corrected chi connectivity index (χ0v) is 16.4. The Labute approximate surface area is 168 Å². The molecule has 4 rings (SSSR count). The molecule has 1 atom stereocenters. The molecule has 2 amide bonds. The Balaban J connectivity index is 1.60. The predicted molar refractivity (Wildman–Crippen MR) is 108 cm³/mol. The Hall–Kier alpha value is -3.20. The first kappa shape index (κ1) is 19.1. The summed E-state index contributed by atoms with van der Waals surface area (Å²) in [5.74, 6) is -0.467. The maximum absolute atomic E-state index is 13.0. The number of amides is 2. The van der Waals surface area contributed by atoms with Gasteiger partial charge in [-0.3, -0.25) is 9.59 Å². The number of hydrogen-bond acceptors (Lipinski definition) is 5. The smallest absolute Gasteiger partial charge is 0.285 e. The number of nitrogens with zero attached hydrogens (tertiary/aromatic N) is 2. The number of hydrogen-bond donors (Lipinski definition) is 2. The molecule has 29 heavy (non-hydrogen) atoms. The molecular formula is C20H20N4O4S. The number of sulfonamides is 1. The lowest BCUT2D eigenvalue weighted by molar-refractivity contribution is -0.120. The Morgan fingerprint density at radius 1 is 1.07 bits per heavy atom. The van der Waals surface area contributed by atoms with Crippen molar-refractivity contribution >= 4 is 33.4 Å². The molecule has 0 spiro atoms. The van der Waals surface area contributed by atoms with Gasteiger partial charge in [0, 0.05) is 23.4 Å². The maximum Gasteiger partial charge on any atom is 0.285 e. The van der Waals surface area contributed by atoms with Crippen molar-refractivity contribution in [3.63, 3.8) is 0 Å². The highest BCUT2D eigenvalue weighted by Gasteiger charge is 2.37. The molecular weight excluding hydrogens is 392 g/mol. The number of anilines is 1. The van der Waals surface area contributed by atoms with E-state index in [1.165, 1.54) is 6.07 Å². The molecule has 0 radical (unpaired) electrons. The highest BCUT2D eigenvalue weighted by molar-refractivity contribution is 7.90. The van der Waals surface area contributed by atoms with Crippen LogP contribution in [-0.4, -0.2) is 43.6 Å². The number of carbonyl (C=O) groups is 2. The van der Waals surface area contributed by atoms with Crippen LogP contribution in [0.5, 0.6) is 0 Å². The number of benzene rings is 2. The first-order chi connectivity index (χ1) is 13.9. The van der Waals surface area contributed by atoms with Crippen molar-refractivity contribution in [2.75, 3.05) is 11.9 Å². The van der Waals surface area contributed by atoms with E-state index in [9.17, 15) is 18.0 Å². The Bertz CT molecular complexity index is 1110. The van der Waals surface area contributed by atoms with Crippen molar-refractivity contribution in [2.45, 2.75) is 30.2 Å². The van der Waals surface area contributed by atoms with E-state index in [1.807, 2.05) is 0 Å². The summed E-state index contributed by atoms with van der Waals surface area (Å²) in [5.41, 5.74) is 6.65. The quantitative estimate of drug-likeness (QED) is 0.795. The van der Waals surface area contributed by atoms with Gasteiger partial charge in [0.05, 0.1) is 0 Å². The molecule has 9 heteroatoms. The van der Waals surface area contributed by atoms with Gasteiger partial charge in [0.1, 0.15) is 10.9 Å². The van der Waals surface area contributed by atoms with Crippen molar-refractivity contribution in [1.29, 1.82) is 0 Å². The summed E-state index contributed by atoms with van der Waals surface area (Å²) < 4.78 is 28.8. The molecule has 1 fully saturated rings. The molecule has 0 aliphatic carbocycles. The van der Waals surface area contributed by atoms with Crippen molar-refractivity contribution in [2.24, 2.45) is 10.1 Å². The van der Waals surface area contributed by atoms with Crippen molar-refractivity contribution in [3.8, 4) is 0 Å². The summed E-state index contributed by atoms with van der Waals surface area (Å²) in [6.45, 7) is 0.543. The van der Waals surface area contributed by atoms with Gasteiger partial charge in [-0.15, -0.1) is 4.40 Å². The third-order valence-corrected chi connectivity index (χ3v) is 6.45. The number of amidine groups is 1. The Morgan fingerprint density at radius 3 is 2.52 bits per heavy atom. The summed E-state index contributed by atoms with van der Waals surface area (Å²) >= 11 is 0. The summed E-state index contributed by atoms with van der Waals surface area (Å²) in [7, 11) is -3.75. The summed E-state index contributed by atoms with van der Waals surface area (Å²) in [4.78, 5) is 26.1. The molecule has 150 valence electrons. The maximum atomic E-state index is 13.0. The second kappa shape index (κ2) is 7.32. The summed E-state index contributed by atoms with van der Waals surface area (Å²) in [6.07, 6.45) is 2.29. The molecule has 3 N–H and O–H groups in total. The van der Waals surface area contributed by atoms with Gasteiger partial charge in [0.25, 0.3) is 10.0 Å². The molecule has 2 aromatic carbocycles. The zero-order valence-electron chi connectivity index (χ0n) is 15.5. The molecule has 2 aliphatic heterocycles. The largest absolute Gasteiger partial charge is 0.366 e. The van der Waals surface area contributed by atoms with Gasteiger partial charge in [-0.1, -0.05) is 12.1 Å². The van der Waals surface area contributed by atoms with Gasteiger partial charge in [-0.25, -0.2) is 0 Å². The van der Waals surface area contributed by atoms with Crippen molar-refractivity contribution < 1.29 is 18.0 Å². The summed E-state index contributed by atoms with van der Waals surface area (Å²) in [5, 5.41) is 2.84. The lowest BCUT2D eigenvalue weighted by Crippen LogP contribution is -2.50. The molecule has 1 saturated heterocycles. The van der Waals surface area contributed by atoms with Gasteiger partial charge in [0.15, 0.2) is 5.84 Å². The molecule has 8 nitrogen and oxygen atoms in total. The minimum absolute atomic E-state index is 0.168. The highest BCUT2D eigenvalue weighted by Crippen LogP contribution is 2.31. The van der Waals surface area contributed by atoms with Crippen LogP contribution in [0.3, 0.4) is 0 Å². The van der Waals surface area contributed by atoms with Crippen LogP contribution in [0.4, 0.5) is 5.69 Å². The third kappa shape index (κ3) is 3.61. The van der Waals surface area contributed by atoms with E-state index in [1.54, 1.807) is 47.4 Å². The number of piperidine rings is 1. The van der Waals surface area contributed by atoms with E-state index in [0.717, 1.165) is 12.8 Å².